The molecule has 1 aliphatic rings. The molecule has 6 heteroatoms. The van der Waals surface area contributed by atoms with Crippen molar-refractivity contribution in [1.82, 2.24) is 5.32 Å². The van der Waals surface area contributed by atoms with E-state index in [0.717, 1.165) is 12.8 Å². The molecule has 0 saturated heterocycles. The SMILES string of the molecule is O=C(O)CC1(NC(=O)COc2cccc(Cl)c2)CCCC1. The number of carboxylic acids is 1. The van der Waals surface area contributed by atoms with Gasteiger partial charge in [-0.3, -0.25) is 9.59 Å². The van der Waals surface area contributed by atoms with Gasteiger partial charge >= 0.3 is 5.97 Å². The highest BCUT2D eigenvalue weighted by Gasteiger charge is 2.37. The number of carboxylic acid groups (broad SMARTS) is 1. The van der Waals surface area contributed by atoms with E-state index in [1.807, 2.05) is 0 Å². The molecule has 114 valence electrons. The second kappa shape index (κ2) is 6.80. The average molecular weight is 312 g/mol. The minimum Gasteiger partial charge on any atom is -0.484 e. The first-order valence-electron chi connectivity index (χ1n) is 6.90. The van der Waals surface area contributed by atoms with Crippen molar-refractivity contribution >= 4 is 23.5 Å². The third-order valence-electron chi connectivity index (χ3n) is 3.62. The van der Waals surface area contributed by atoms with Crippen LogP contribution in [0.15, 0.2) is 24.3 Å². The van der Waals surface area contributed by atoms with E-state index in [1.54, 1.807) is 24.3 Å². The standard InChI is InChI=1S/C15H18ClNO4/c16-11-4-3-5-12(8-11)21-10-13(18)17-15(9-14(19)20)6-1-2-7-15/h3-5,8H,1-2,6-7,9-10H2,(H,17,18)(H,19,20). The molecule has 0 aliphatic heterocycles. The Kier molecular flexibility index (Phi) is 5.07. The zero-order chi connectivity index (χ0) is 15.3. The van der Waals surface area contributed by atoms with Gasteiger partial charge in [0.25, 0.3) is 5.91 Å². The number of benzene rings is 1. The first-order chi connectivity index (χ1) is 9.99. The molecule has 1 aromatic rings. The number of carbonyl (C=O) groups is 2. The van der Waals surface area contributed by atoms with Crippen LogP contribution >= 0.6 is 11.6 Å². The topological polar surface area (TPSA) is 75.6 Å². The summed E-state index contributed by atoms with van der Waals surface area (Å²) in [5.41, 5.74) is -0.624. The van der Waals surface area contributed by atoms with Gasteiger partial charge in [0.05, 0.1) is 12.0 Å². The molecule has 5 nitrogen and oxygen atoms in total. The zero-order valence-corrected chi connectivity index (χ0v) is 12.4. The molecule has 0 unspecified atom stereocenters. The van der Waals surface area contributed by atoms with E-state index in [-0.39, 0.29) is 18.9 Å². The summed E-state index contributed by atoms with van der Waals surface area (Å²) in [6.45, 7) is -0.151. The van der Waals surface area contributed by atoms with Crippen LogP contribution in [0.1, 0.15) is 32.1 Å². The smallest absolute Gasteiger partial charge is 0.305 e. The zero-order valence-electron chi connectivity index (χ0n) is 11.6. The minimum atomic E-state index is -0.895. The first kappa shape index (κ1) is 15.6. The van der Waals surface area contributed by atoms with E-state index in [4.69, 9.17) is 21.4 Å². The Balaban J connectivity index is 1.89. The van der Waals surface area contributed by atoms with Crippen LogP contribution in [0.5, 0.6) is 5.75 Å². The maximum atomic E-state index is 12.0. The summed E-state index contributed by atoms with van der Waals surface area (Å²) in [4.78, 5) is 22.9. The van der Waals surface area contributed by atoms with Crippen molar-refractivity contribution < 1.29 is 19.4 Å². The van der Waals surface area contributed by atoms with Crippen LogP contribution in [0, 0.1) is 0 Å². The van der Waals surface area contributed by atoms with Crippen LogP contribution in [0.25, 0.3) is 0 Å². The summed E-state index contributed by atoms with van der Waals surface area (Å²) < 4.78 is 5.36. The Labute approximate surface area is 128 Å². The van der Waals surface area contributed by atoms with E-state index in [9.17, 15) is 9.59 Å². The van der Waals surface area contributed by atoms with Crippen molar-refractivity contribution in [3.05, 3.63) is 29.3 Å². The molecular formula is C15H18ClNO4. The fraction of sp³-hybridized carbons (Fsp3) is 0.467. The van der Waals surface area contributed by atoms with Gasteiger partial charge in [-0.25, -0.2) is 0 Å². The molecule has 0 radical (unpaired) electrons. The maximum Gasteiger partial charge on any atom is 0.305 e. The van der Waals surface area contributed by atoms with E-state index >= 15 is 0 Å². The van der Waals surface area contributed by atoms with Gasteiger partial charge in [-0.1, -0.05) is 30.5 Å². The number of amides is 1. The monoisotopic (exact) mass is 311 g/mol. The fourth-order valence-electron chi connectivity index (χ4n) is 2.72. The van der Waals surface area contributed by atoms with Crippen LogP contribution in [-0.4, -0.2) is 29.1 Å². The van der Waals surface area contributed by atoms with Crippen LogP contribution < -0.4 is 10.1 Å². The average Bonchev–Trinajstić information content (AvgIpc) is 2.83. The molecule has 2 rings (SSSR count). The highest BCUT2D eigenvalue weighted by Crippen LogP contribution is 2.32. The van der Waals surface area contributed by atoms with Crippen molar-refractivity contribution in [2.45, 2.75) is 37.6 Å². The second-order valence-corrected chi connectivity index (χ2v) is 5.79. The molecule has 1 fully saturated rings. The van der Waals surface area contributed by atoms with E-state index in [0.29, 0.717) is 23.6 Å². The largest absolute Gasteiger partial charge is 0.484 e. The number of hydrogen-bond acceptors (Lipinski definition) is 3. The summed E-state index contributed by atoms with van der Waals surface area (Å²) in [6, 6.07) is 6.78. The molecule has 1 aromatic carbocycles. The molecular weight excluding hydrogens is 294 g/mol. The predicted octanol–water partition coefficient (Wildman–Crippen LogP) is 2.62. The lowest BCUT2D eigenvalue weighted by Gasteiger charge is -2.28. The van der Waals surface area contributed by atoms with Crippen LogP contribution in [0.2, 0.25) is 5.02 Å². The highest BCUT2D eigenvalue weighted by atomic mass is 35.5. The van der Waals surface area contributed by atoms with Gasteiger partial charge in [0.2, 0.25) is 0 Å². The van der Waals surface area contributed by atoms with E-state index in [1.165, 1.54) is 0 Å². The maximum absolute atomic E-state index is 12.0. The number of aliphatic carboxylic acids is 1. The number of carbonyl (C=O) groups excluding carboxylic acids is 1. The number of halogens is 1. The number of rotatable bonds is 6. The van der Waals surface area contributed by atoms with E-state index in [2.05, 4.69) is 5.32 Å². The van der Waals surface area contributed by atoms with Gasteiger partial charge in [-0.2, -0.15) is 0 Å². The van der Waals surface area contributed by atoms with Crippen LogP contribution in [0.4, 0.5) is 0 Å². The molecule has 0 bridgehead atoms. The summed E-state index contributed by atoms with van der Waals surface area (Å²) >= 11 is 5.83. The predicted molar refractivity (Wildman–Crippen MR) is 78.5 cm³/mol. The Morgan fingerprint density at radius 3 is 2.67 bits per heavy atom. The molecule has 0 atom stereocenters. The lowest BCUT2D eigenvalue weighted by molar-refractivity contribution is -0.139. The van der Waals surface area contributed by atoms with Crippen molar-refractivity contribution in [3.8, 4) is 5.75 Å². The van der Waals surface area contributed by atoms with Crippen LogP contribution in [0.3, 0.4) is 0 Å². The summed E-state index contributed by atoms with van der Waals surface area (Å²) in [5.74, 6) is -0.692. The van der Waals surface area contributed by atoms with Gasteiger partial charge in [0, 0.05) is 5.02 Å². The van der Waals surface area contributed by atoms with Gasteiger partial charge in [0.1, 0.15) is 5.75 Å². The lowest BCUT2D eigenvalue weighted by Crippen LogP contribution is -2.49. The molecule has 0 heterocycles. The van der Waals surface area contributed by atoms with E-state index < -0.39 is 11.5 Å². The summed E-state index contributed by atoms with van der Waals surface area (Å²) in [6.07, 6.45) is 3.21. The number of nitrogens with one attached hydrogen (secondary N) is 1. The quantitative estimate of drug-likeness (QED) is 0.847. The number of ether oxygens (including phenoxy) is 1. The fourth-order valence-corrected chi connectivity index (χ4v) is 2.91. The molecule has 0 aromatic heterocycles. The normalized spacial score (nSPS) is 16.4. The molecule has 1 amide bonds. The Hall–Kier alpha value is -1.75. The molecule has 1 saturated carbocycles. The minimum absolute atomic E-state index is 0.0457. The third kappa shape index (κ3) is 4.63. The van der Waals surface area contributed by atoms with Crippen molar-refractivity contribution in [2.24, 2.45) is 0 Å². The molecule has 21 heavy (non-hydrogen) atoms. The molecule has 1 aliphatic carbocycles. The lowest BCUT2D eigenvalue weighted by atomic mass is 9.93. The Bertz CT molecular complexity index is 526. The first-order valence-corrected chi connectivity index (χ1v) is 7.28. The summed E-state index contributed by atoms with van der Waals surface area (Å²) in [7, 11) is 0. The van der Waals surface area contributed by atoms with Gasteiger partial charge in [0.15, 0.2) is 6.61 Å². The van der Waals surface area contributed by atoms with Gasteiger partial charge < -0.3 is 15.2 Å². The molecule has 0 spiro atoms. The van der Waals surface area contributed by atoms with Crippen molar-refractivity contribution in [1.29, 1.82) is 0 Å². The Morgan fingerprint density at radius 1 is 1.33 bits per heavy atom. The number of hydrogen-bond donors (Lipinski definition) is 2. The summed E-state index contributed by atoms with van der Waals surface area (Å²) in [5, 5.41) is 12.4. The van der Waals surface area contributed by atoms with Crippen molar-refractivity contribution in [2.75, 3.05) is 6.61 Å². The molecule has 2 N–H and O–H groups in total. The highest BCUT2D eigenvalue weighted by molar-refractivity contribution is 6.30. The van der Waals surface area contributed by atoms with Gasteiger partial charge in [-0.15, -0.1) is 0 Å². The third-order valence-corrected chi connectivity index (χ3v) is 3.86. The second-order valence-electron chi connectivity index (χ2n) is 5.35. The van der Waals surface area contributed by atoms with Crippen LogP contribution in [-0.2, 0) is 9.59 Å². The van der Waals surface area contributed by atoms with Gasteiger partial charge in [-0.05, 0) is 31.0 Å². The van der Waals surface area contributed by atoms with Crippen molar-refractivity contribution in [3.63, 3.8) is 0 Å². The Morgan fingerprint density at radius 2 is 2.05 bits per heavy atom.